The first-order valence-corrected chi connectivity index (χ1v) is 11.2. The van der Waals surface area contributed by atoms with Crippen LogP contribution in [0, 0.1) is 5.82 Å². The van der Waals surface area contributed by atoms with Crippen molar-refractivity contribution >= 4 is 11.6 Å². The third-order valence-corrected chi connectivity index (χ3v) is 6.73. The van der Waals surface area contributed by atoms with E-state index < -0.39 is 0 Å². The molecule has 0 unspecified atom stereocenters. The highest BCUT2D eigenvalue weighted by molar-refractivity contribution is 5.97. The van der Waals surface area contributed by atoms with E-state index in [1.807, 2.05) is 30.3 Å². The molecule has 0 bridgehead atoms. The number of rotatable bonds is 5. The Balaban J connectivity index is 1.20. The van der Waals surface area contributed by atoms with Crippen LogP contribution in [-0.4, -0.2) is 47.6 Å². The number of aromatic nitrogens is 1. The normalized spacial score (nSPS) is 17.1. The van der Waals surface area contributed by atoms with Crippen molar-refractivity contribution in [1.29, 1.82) is 0 Å². The van der Waals surface area contributed by atoms with E-state index >= 15 is 0 Å². The van der Waals surface area contributed by atoms with Gasteiger partial charge in [-0.3, -0.25) is 9.36 Å². The Morgan fingerprint density at radius 2 is 1.71 bits per heavy atom. The van der Waals surface area contributed by atoms with Gasteiger partial charge in [0.2, 0.25) is 0 Å². The predicted octanol–water partition coefficient (Wildman–Crippen LogP) is 4.39. The highest BCUT2D eigenvalue weighted by Crippen LogP contribution is 2.33. The van der Waals surface area contributed by atoms with Crippen LogP contribution in [0.15, 0.2) is 67.0 Å². The minimum absolute atomic E-state index is 0.0234. The Morgan fingerprint density at radius 1 is 0.968 bits per heavy atom. The quantitative estimate of drug-likeness (QED) is 0.617. The second-order valence-electron chi connectivity index (χ2n) is 8.63. The maximum Gasteiger partial charge on any atom is 0.261 e. The van der Waals surface area contributed by atoms with E-state index in [2.05, 4.69) is 21.9 Å². The Morgan fingerprint density at radius 3 is 2.45 bits per heavy atom. The predicted molar refractivity (Wildman–Crippen MR) is 121 cm³/mol. The molecule has 0 saturated carbocycles. The van der Waals surface area contributed by atoms with Gasteiger partial charge in [-0.2, -0.15) is 0 Å². The molecule has 0 aliphatic carbocycles. The minimum atomic E-state index is -0.173. The van der Waals surface area contributed by atoms with Crippen molar-refractivity contribution in [1.82, 2.24) is 9.47 Å². The van der Waals surface area contributed by atoms with Gasteiger partial charge in [0.15, 0.2) is 0 Å². The van der Waals surface area contributed by atoms with Crippen LogP contribution in [0.4, 0.5) is 10.1 Å². The molecule has 5 rings (SSSR count). The molecule has 2 aliphatic heterocycles. The molecule has 2 aliphatic rings. The van der Waals surface area contributed by atoms with Gasteiger partial charge in [0.05, 0.1) is 0 Å². The van der Waals surface area contributed by atoms with Crippen molar-refractivity contribution in [3.8, 4) is 0 Å². The van der Waals surface area contributed by atoms with Gasteiger partial charge < -0.3 is 9.80 Å². The standard InChI is InChI=1S/C26H28FN3O/c27-23-7-3-20(4-8-23)9-15-28-16-11-24(12-17-28)30-18-10-21-5-6-22(19-25(21)30)26(31)29-13-1-2-14-29/h1-8,13-14,19,24H,9-12,15-18H2. The maximum atomic E-state index is 13.1. The van der Waals surface area contributed by atoms with E-state index in [1.54, 1.807) is 29.1 Å². The first-order chi connectivity index (χ1) is 15.2. The summed E-state index contributed by atoms with van der Waals surface area (Å²) in [6.45, 7) is 4.22. The molecule has 3 heterocycles. The number of hydrogen-bond donors (Lipinski definition) is 0. The summed E-state index contributed by atoms with van der Waals surface area (Å²) in [5.41, 5.74) is 4.53. The number of nitrogens with zero attached hydrogens (tertiary/aromatic N) is 3. The molecule has 160 valence electrons. The molecular formula is C26H28FN3O. The van der Waals surface area contributed by atoms with Crippen LogP contribution >= 0.6 is 0 Å². The summed E-state index contributed by atoms with van der Waals surface area (Å²) in [7, 11) is 0. The van der Waals surface area contributed by atoms with Crippen LogP contribution in [0.5, 0.6) is 0 Å². The largest absolute Gasteiger partial charge is 0.368 e. The number of anilines is 1. The molecule has 1 aromatic heterocycles. The summed E-state index contributed by atoms with van der Waals surface area (Å²) in [6.07, 6.45) is 7.89. The summed E-state index contributed by atoms with van der Waals surface area (Å²) in [5, 5.41) is 0. The van der Waals surface area contributed by atoms with Gasteiger partial charge >= 0.3 is 0 Å². The molecule has 31 heavy (non-hydrogen) atoms. The summed E-state index contributed by atoms with van der Waals surface area (Å²) < 4.78 is 14.7. The fourth-order valence-corrected chi connectivity index (χ4v) is 4.93. The number of fused-ring (bicyclic) bond motifs is 1. The molecule has 0 amide bonds. The zero-order valence-electron chi connectivity index (χ0n) is 17.7. The van der Waals surface area contributed by atoms with Crippen molar-refractivity contribution in [2.45, 2.75) is 31.7 Å². The van der Waals surface area contributed by atoms with E-state index in [4.69, 9.17) is 0 Å². The topological polar surface area (TPSA) is 28.5 Å². The number of halogens is 1. The Hall–Kier alpha value is -2.92. The van der Waals surface area contributed by atoms with Gasteiger partial charge in [0, 0.05) is 55.9 Å². The van der Waals surface area contributed by atoms with Gasteiger partial charge in [0.25, 0.3) is 5.91 Å². The van der Waals surface area contributed by atoms with Crippen molar-refractivity contribution < 1.29 is 9.18 Å². The minimum Gasteiger partial charge on any atom is -0.368 e. The summed E-state index contributed by atoms with van der Waals surface area (Å²) in [4.78, 5) is 17.8. The average Bonchev–Trinajstić information content (AvgIpc) is 3.48. The third-order valence-electron chi connectivity index (χ3n) is 6.73. The van der Waals surface area contributed by atoms with Crippen LogP contribution in [-0.2, 0) is 12.8 Å². The van der Waals surface area contributed by atoms with E-state index in [0.29, 0.717) is 6.04 Å². The molecule has 3 aromatic rings. The van der Waals surface area contributed by atoms with Gasteiger partial charge in [-0.25, -0.2) is 4.39 Å². The molecule has 0 radical (unpaired) electrons. The molecule has 0 atom stereocenters. The maximum absolute atomic E-state index is 13.1. The number of carbonyl (C=O) groups is 1. The number of benzene rings is 2. The fourth-order valence-electron chi connectivity index (χ4n) is 4.93. The number of likely N-dealkylation sites (tertiary alicyclic amines) is 1. The Kier molecular flexibility index (Phi) is 5.60. The Bertz CT molecular complexity index is 1040. The summed E-state index contributed by atoms with van der Waals surface area (Å²) >= 11 is 0. The monoisotopic (exact) mass is 417 g/mol. The smallest absolute Gasteiger partial charge is 0.261 e. The van der Waals surface area contributed by atoms with Crippen LogP contribution in [0.3, 0.4) is 0 Å². The van der Waals surface area contributed by atoms with Crippen molar-refractivity contribution in [3.05, 3.63) is 89.5 Å². The lowest BCUT2D eigenvalue weighted by Gasteiger charge is -2.38. The molecule has 1 fully saturated rings. The van der Waals surface area contributed by atoms with Gasteiger partial charge in [-0.1, -0.05) is 18.2 Å². The SMILES string of the molecule is O=C(c1ccc2c(c1)N(C1CCN(CCc3ccc(F)cc3)CC1)CC2)n1cccc1. The number of hydrogen-bond acceptors (Lipinski definition) is 3. The fraction of sp³-hybridized carbons (Fsp3) is 0.346. The van der Waals surface area contributed by atoms with Crippen LogP contribution in [0.25, 0.3) is 0 Å². The highest BCUT2D eigenvalue weighted by Gasteiger charge is 2.29. The lowest BCUT2D eigenvalue weighted by Crippen LogP contribution is -2.45. The summed E-state index contributed by atoms with van der Waals surface area (Å²) in [5.74, 6) is -0.149. The molecule has 0 N–H and O–H groups in total. The molecule has 4 nitrogen and oxygen atoms in total. The average molecular weight is 418 g/mol. The van der Waals surface area contributed by atoms with E-state index in [9.17, 15) is 9.18 Å². The van der Waals surface area contributed by atoms with Crippen molar-refractivity contribution in [2.75, 3.05) is 31.1 Å². The molecule has 0 spiro atoms. The first kappa shape index (κ1) is 20.0. The first-order valence-electron chi connectivity index (χ1n) is 11.2. The molecular weight excluding hydrogens is 389 g/mol. The van der Waals surface area contributed by atoms with Crippen molar-refractivity contribution in [2.24, 2.45) is 0 Å². The summed E-state index contributed by atoms with van der Waals surface area (Å²) in [6, 6.07) is 17.3. The van der Waals surface area contributed by atoms with Crippen LogP contribution < -0.4 is 4.90 Å². The zero-order chi connectivity index (χ0) is 21.2. The van der Waals surface area contributed by atoms with Gasteiger partial charge in [-0.15, -0.1) is 0 Å². The van der Waals surface area contributed by atoms with Gasteiger partial charge in [-0.05, 0) is 73.2 Å². The van der Waals surface area contributed by atoms with E-state index in [1.165, 1.54) is 16.8 Å². The second-order valence-corrected chi connectivity index (χ2v) is 8.63. The zero-order valence-corrected chi connectivity index (χ0v) is 17.7. The second kappa shape index (κ2) is 8.67. The lowest BCUT2D eigenvalue weighted by molar-refractivity contribution is 0.0960. The molecule has 5 heteroatoms. The van der Waals surface area contributed by atoms with Crippen LogP contribution in [0.1, 0.15) is 34.3 Å². The Labute approximate surface area is 182 Å². The number of carbonyl (C=O) groups excluding carboxylic acids is 1. The lowest BCUT2D eigenvalue weighted by atomic mass is 10.0. The third kappa shape index (κ3) is 4.28. The van der Waals surface area contributed by atoms with Gasteiger partial charge in [0.1, 0.15) is 5.82 Å². The highest BCUT2D eigenvalue weighted by atomic mass is 19.1. The van der Waals surface area contributed by atoms with Crippen LogP contribution in [0.2, 0.25) is 0 Å². The van der Waals surface area contributed by atoms with Crippen molar-refractivity contribution in [3.63, 3.8) is 0 Å². The molecule has 2 aromatic carbocycles. The number of piperidine rings is 1. The van der Waals surface area contributed by atoms with E-state index in [-0.39, 0.29) is 11.7 Å². The molecule has 1 saturated heterocycles. The van der Waals surface area contributed by atoms with E-state index in [0.717, 1.165) is 57.4 Å².